The first-order chi connectivity index (χ1) is 14.9. The SMILES string of the molecule is Nc1nc2cc(CCC3=C[C@@H](n4ccc5cccnc54)[C@H](O)[C@@H]3O)cc(F)c2cc1Br. The van der Waals surface area contributed by atoms with Crippen LogP contribution in [0, 0.1) is 5.82 Å². The molecule has 1 aliphatic rings. The van der Waals surface area contributed by atoms with Gasteiger partial charge in [0.05, 0.1) is 16.0 Å². The third kappa shape index (κ3) is 3.50. The molecule has 0 bridgehead atoms. The number of aliphatic hydroxyl groups excluding tert-OH is 2. The third-order valence-electron chi connectivity index (χ3n) is 5.86. The van der Waals surface area contributed by atoms with Gasteiger partial charge in [-0.25, -0.2) is 14.4 Å². The highest BCUT2D eigenvalue weighted by Crippen LogP contribution is 2.34. The molecule has 5 rings (SSSR count). The lowest BCUT2D eigenvalue weighted by Gasteiger charge is -2.19. The van der Waals surface area contributed by atoms with Crippen LogP contribution in [-0.2, 0) is 6.42 Å². The molecule has 0 spiro atoms. The fraction of sp³-hybridized carbons (Fsp3) is 0.217. The summed E-state index contributed by atoms with van der Waals surface area (Å²) in [5.74, 6) is -0.0686. The number of hydrogen-bond donors (Lipinski definition) is 3. The maximum atomic E-state index is 14.6. The standard InChI is InChI=1S/C23H20BrFN4O2/c24-16-11-15-17(25)8-12(9-18(15)28-22(16)26)3-4-14-10-19(21(31)20(14)30)29-7-5-13-2-1-6-27-23(13)29/h1-2,5-11,19-21,30-31H,3-4H2,(H2,26,28)/t19-,20-,21+/m1/s1. The number of aromatic nitrogens is 3. The van der Waals surface area contributed by atoms with Gasteiger partial charge in [-0.3, -0.25) is 0 Å². The van der Waals surface area contributed by atoms with E-state index in [-0.39, 0.29) is 5.82 Å². The summed E-state index contributed by atoms with van der Waals surface area (Å²) in [6.07, 6.45) is 4.48. The van der Waals surface area contributed by atoms with Crippen molar-refractivity contribution in [1.82, 2.24) is 14.5 Å². The minimum absolute atomic E-state index is 0.302. The zero-order valence-corrected chi connectivity index (χ0v) is 18.0. The topological polar surface area (TPSA) is 97.2 Å². The number of aryl methyl sites for hydroxylation is 1. The van der Waals surface area contributed by atoms with Crippen molar-refractivity contribution in [2.45, 2.75) is 31.1 Å². The summed E-state index contributed by atoms with van der Waals surface area (Å²) in [6, 6.07) is 10.2. The average Bonchev–Trinajstić information content (AvgIpc) is 3.29. The molecular formula is C23H20BrFN4O2. The molecule has 1 aliphatic carbocycles. The van der Waals surface area contributed by atoms with E-state index in [1.165, 1.54) is 6.07 Å². The molecule has 0 saturated heterocycles. The fourth-order valence-corrected chi connectivity index (χ4v) is 4.55. The van der Waals surface area contributed by atoms with E-state index < -0.39 is 18.2 Å². The number of hydrogen-bond acceptors (Lipinski definition) is 5. The number of halogens is 2. The number of pyridine rings is 2. The molecular weight excluding hydrogens is 463 g/mol. The van der Waals surface area contributed by atoms with E-state index in [4.69, 9.17) is 5.73 Å². The van der Waals surface area contributed by atoms with Gasteiger partial charge in [0, 0.05) is 23.2 Å². The van der Waals surface area contributed by atoms with Crippen LogP contribution in [0.3, 0.4) is 0 Å². The molecule has 1 aromatic carbocycles. The van der Waals surface area contributed by atoms with E-state index in [1.54, 1.807) is 18.3 Å². The van der Waals surface area contributed by atoms with Crippen molar-refractivity contribution in [2.75, 3.05) is 5.73 Å². The molecule has 158 valence electrons. The Kier molecular flexibility index (Phi) is 5.00. The van der Waals surface area contributed by atoms with Gasteiger partial charge in [0.1, 0.15) is 29.5 Å². The predicted molar refractivity (Wildman–Crippen MR) is 121 cm³/mol. The maximum absolute atomic E-state index is 14.6. The van der Waals surface area contributed by atoms with Crippen LogP contribution in [0.1, 0.15) is 18.0 Å². The molecule has 3 aromatic heterocycles. The Morgan fingerprint density at radius 2 is 2.00 bits per heavy atom. The molecule has 0 unspecified atom stereocenters. The second kappa shape index (κ2) is 7.71. The minimum Gasteiger partial charge on any atom is -0.388 e. The normalized spacial score (nSPS) is 21.2. The molecule has 4 N–H and O–H groups in total. The van der Waals surface area contributed by atoms with Crippen molar-refractivity contribution in [3.63, 3.8) is 0 Å². The van der Waals surface area contributed by atoms with Gasteiger partial charge in [-0.2, -0.15) is 0 Å². The van der Waals surface area contributed by atoms with Crippen LogP contribution in [0.5, 0.6) is 0 Å². The Hall–Kier alpha value is -2.81. The first kappa shape index (κ1) is 20.1. The van der Waals surface area contributed by atoms with Gasteiger partial charge in [-0.15, -0.1) is 0 Å². The van der Waals surface area contributed by atoms with E-state index in [1.807, 2.05) is 35.0 Å². The van der Waals surface area contributed by atoms with Crippen LogP contribution in [0.25, 0.3) is 21.9 Å². The third-order valence-corrected chi connectivity index (χ3v) is 6.50. The summed E-state index contributed by atoms with van der Waals surface area (Å²) < 4.78 is 17.0. The predicted octanol–water partition coefficient (Wildman–Crippen LogP) is 3.90. The number of aliphatic hydroxyl groups is 2. The summed E-state index contributed by atoms with van der Waals surface area (Å²) in [7, 11) is 0. The second-order valence-corrected chi connectivity index (χ2v) is 8.66. The monoisotopic (exact) mass is 482 g/mol. The first-order valence-corrected chi connectivity index (χ1v) is 10.7. The summed E-state index contributed by atoms with van der Waals surface area (Å²) in [6.45, 7) is 0. The van der Waals surface area contributed by atoms with Crippen LogP contribution in [0.2, 0.25) is 0 Å². The fourth-order valence-electron chi connectivity index (χ4n) is 4.24. The molecule has 0 fully saturated rings. The second-order valence-electron chi connectivity index (χ2n) is 7.81. The Morgan fingerprint density at radius 1 is 1.16 bits per heavy atom. The van der Waals surface area contributed by atoms with E-state index in [0.29, 0.717) is 34.0 Å². The Bertz CT molecular complexity index is 1340. The summed E-state index contributed by atoms with van der Waals surface area (Å²) in [5, 5.41) is 22.6. The van der Waals surface area contributed by atoms with Crippen molar-refractivity contribution in [3.8, 4) is 0 Å². The lowest BCUT2D eigenvalue weighted by molar-refractivity contribution is 0.0317. The molecule has 0 saturated carbocycles. The first-order valence-electron chi connectivity index (χ1n) is 9.95. The number of benzene rings is 1. The molecule has 3 atom stereocenters. The molecule has 4 aromatic rings. The molecule has 3 heterocycles. The number of rotatable bonds is 4. The number of nitrogens with zero attached hydrogens (tertiary/aromatic N) is 3. The van der Waals surface area contributed by atoms with Crippen LogP contribution in [-0.4, -0.2) is 37.0 Å². The lowest BCUT2D eigenvalue weighted by atomic mass is 10.0. The molecule has 0 radical (unpaired) electrons. The molecule has 0 aliphatic heterocycles. The zero-order chi connectivity index (χ0) is 21.7. The highest BCUT2D eigenvalue weighted by molar-refractivity contribution is 9.10. The summed E-state index contributed by atoms with van der Waals surface area (Å²) >= 11 is 3.27. The quantitative estimate of drug-likeness (QED) is 0.383. The van der Waals surface area contributed by atoms with Crippen LogP contribution in [0.15, 0.2) is 64.9 Å². The molecule has 0 amide bonds. The van der Waals surface area contributed by atoms with Crippen LogP contribution in [0.4, 0.5) is 10.2 Å². The largest absolute Gasteiger partial charge is 0.388 e. The van der Waals surface area contributed by atoms with E-state index in [2.05, 4.69) is 25.9 Å². The highest BCUT2D eigenvalue weighted by atomic mass is 79.9. The number of nitrogen functional groups attached to an aromatic ring is 1. The van der Waals surface area contributed by atoms with Gasteiger partial charge >= 0.3 is 0 Å². The van der Waals surface area contributed by atoms with Gasteiger partial charge in [0.2, 0.25) is 0 Å². The zero-order valence-electron chi connectivity index (χ0n) is 16.4. The Morgan fingerprint density at radius 3 is 2.84 bits per heavy atom. The minimum atomic E-state index is -0.985. The van der Waals surface area contributed by atoms with Gasteiger partial charge in [-0.1, -0.05) is 6.08 Å². The summed E-state index contributed by atoms with van der Waals surface area (Å²) in [4.78, 5) is 8.65. The Balaban J connectivity index is 1.41. The molecule has 6 nitrogen and oxygen atoms in total. The number of anilines is 1. The lowest BCUT2D eigenvalue weighted by Crippen LogP contribution is -2.29. The van der Waals surface area contributed by atoms with E-state index >= 15 is 0 Å². The van der Waals surface area contributed by atoms with Crippen molar-refractivity contribution in [2.24, 2.45) is 0 Å². The highest BCUT2D eigenvalue weighted by Gasteiger charge is 2.35. The number of fused-ring (bicyclic) bond motifs is 2. The van der Waals surface area contributed by atoms with Gasteiger partial charge in [0.15, 0.2) is 0 Å². The van der Waals surface area contributed by atoms with Crippen molar-refractivity contribution >= 4 is 43.7 Å². The van der Waals surface area contributed by atoms with Crippen LogP contribution < -0.4 is 5.73 Å². The van der Waals surface area contributed by atoms with Gasteiger partial charge in [-0.05, 0) is 76.3 Å². The Labute approximate surface area is 186 Å². The van der Waals surface area contributed by atoms with Crippen molar-refractivity contribution in [1.29, 1.82) is 0 Å². The molecule has 31 heavy (non-hydrogen) atoms. The summed E-state index contributed by atoms with van der Waals surface area (Å²) in [5.41, 5.74) is 8.54. The van der Waals surface area contributed by atoms with E-state index in [9.17, 15) is 14.6 Å². The maximum Gasteiger partial charge on any atom is 0.140 e. The van der Waals surface area contributed by atoms with E-state index in [0.717, 1.165) is 22.2 Å². The van der Waals surface area contributed by atoms with Crippen molar-refractivity contribution < 1.29 is 14.6 Å². The average molecular weight is 483 g/mol. The van der Waals surface area contributed by atoms with Gasteiger partial charge < -0.3 is 20.5 Å². The molecule has 8 heteroatoms. The number of nitrogens with two attached hydrogens (primary N) is 1. The van der Waals surface area contributed by atoms with Crippen molar-refractivity contribution in [3.05, 3.63) is 76.3 Å². The van der Waals surface area contributed by atoms with Gasteiger partial charge in [0.25, 0.3) is 0 Å². The van der Waals surface area contributed by atoms with Crippen LogP contribution >= 0.6 is 15.9 Å². The smallest absolute Gasteiger partial charge is 0.140 e.